The van der Waals surface area contributed by atoms with Crippen LogP contribution < -0.4 is 4.74 Å². The third kappa shape index (κ3) is 6.00. The molecule has 2 aromatic carbocycles. The molecule has 0 amide bonds. The number of ether oxygens (including phenoxy) is 2. The van der Waals surface area contributed by atoms with Gasteiger partial charge in [-0.1, -0.05) is 79.9 Å². The molecule has 2 heterocycles. The first kappa shape index (κ1) is 22.6. The zero-order chi connectivity index (χ0) is 22.4. The molecule has 0 N–H and O–H groups in total. The third-order valence-electron chi connectivity index (χ3n) is 5.00. The molecule has 2 aromatic heterocycles. The molecule has 0 aliphatic heterocycles. The molecule has 0 spiro atoms. The van der Waals surface area contributed by atoms with Crippen LogP contribution in [0.15, 0.2) is 83.0 Å². The van der Waals surface area contributed by atoms with Crippen molar-refractivity contribution in [2.24, 2.45) is 0 Å². The summed E-state index contributed by atoms with van der Waals surface area (Å²) in [6.45, 7) is 8.74. The lowest BCUT2D eigenvalue weighted by Gasteiger charge is -2.16. The normalized spacial score (nSPS) is 11.7. The number of benzene rings is 2. The zero-order valence-electron chi connectivity index (χ0n) is 18.8. The van der Waals surface area contributed by atoms with Crippen LogP contribution in [0.4, 0.5) is 0 Å². The largest absolute Gasteiger partial charge is 0.471 e. The minimum absolute atomic E-state index is 0.450. The van der Waals surface area contributed by atoms with Crippen LogP contribution in [-0.4, -0.2) is 29.2 Å². The van der Waals surface area contributed by atoms with Crippen molar-refractivity contribution >= 4 is 30.9 Å². The summed E-state index contributed by atoms with van der Waals surface area (Å²) in [5.74, 6) is 0.576. The summed E-state index contributed by atoms with van der Waals surface area (Å²) in [5.41, 5.74) is 2.85. The van der Waals surface area contributed by atoms with Crippen LogP contribution in [0.25, 0.3) is 11.0 Å². The van der Waals surface area contributed by atoms with Crippen molar-refractivity contribution in [2.75, 3.05) is 6.61 Å². The van der Waals surface area contributed by atoms with Crippen molar-refractivity contribution in [3.05, 3.63) is 78.8 Å². The smallest absolute Gasteiger partial charge is 0.242 e. The van der Waals surface area contributed by atoms with Crippen LogP contribution in [0.3, 0.4) is 0 Å². The highest BCUT2D eigenvalue weighted by atomic mass is 32.2. The highest BCUT2D eigenvalue weighted by molar-refractivity contribution is 7.99. The fourth-order valence-corrected chi connectivity index (χ4v) is 4.96. The maximum atomic E-state index is 6.14. The average Bonchev–Trinajstić information content (AvgIpc) is 3.14. The number of nitrogens with zero attached hydrogens (tertiary/aromatic N) is 3. The van der Waals surface area contributed by atoms with E-state index in [1.807, 2.05) is 48.5 Å². The van der Waals surface area contributed by atoms with Crippen LogP contribution in [0, 0.1) is 0 Å². The Balaban J connectivity index is 1.62. The summed E-state index contributed by atoms with van der Waals surface area (Å²) in [7, 11) is -1.14. The molecule has 32 heavy (non-hydrogen) atoms. The average molecular weight is 464 g/mol. The van der Waals surface area contributed by atoms with E-state index in [1.54, 1.807) is 18.1 Å². The maximum Gasteiger partial charge on any atom is 0.242 e. The standard InChI is InChI=1S/C25H29N3O2SSi/c1-32(2,3)15-14-29-19-28-16-22(31-21-12-8-5-9-13-21)23-24(28)25(27-18-26-23)30-17-20-10-6-4-7-11-20/h4-13,16,18H,14-15,17,19H2,1-3H3. The van der Waals surface area contributed by atoms with E-state index in [1.165, 1.54) is 0 Å². The Kier molecular flexibility index (Phi) is 7.29. The van der Waals surface area contributed by atoms with Crippen molar-refractivity contribution in [2.45, 2.75) is 48.8 Å². The zero-order valence-corrected chi connectivity index (χ0v) is 20.6. The number of fused-ring (bicyclic) bond motifs is 1. The van der Waals surface area contributed by atoms with E-state index >= 15 is 0 Å². The molecule has 0 bridgehead atoms. The van der Waals surface area contributed by atoms with Gasteiger partial charge in [0.05, 0.1) is 4.90 Å². The van der Waals surface area contributed by atoms with Gasteiger partial charge in [0.15, 0.2) is 0 Å². The van der Waals surface area contributed by atoms with Gasteiger partial charge in [0, 0.05) is 25.8 Å². The second kappa shape index (κ2) is 10.3. The molecule has 0 aliphatic rings. The molecule has 166 valence electrons. The molecule has 0 unspecified atom stereocenters. The summed E-state index contributed by atoms with van der Waals surface area (Å²) < 4.78 is 14.3. The van der Waals surface area contributed by atoms with Gasteiger partial charge in [-0.2, -0.15) is 4.98 Å². The van der Waals surface area contributed by atoms with Gasteiger partial charge in [-0.3, -0.25) is 0 Å². The summed E-state index contributed by atoms with van der Waals surface area (Å²) in [5, 5.41) is 0. The number of aromatic nitrogens is 3. The molecule has 0 saturated heterocycles. The first-order valence-corrected chi connectivity index (χ1v) is 15.3. The van der Waals surface area contributed by atoms with E-state index in [9.17, 15) is 0 Å². The predicted octanol–water partition coefficient (Wildman–Crippen LogP) is 6.47. The second-order valence-electron chi connectivity index (χ2n) is 8.88. The third-order valence-corrected chi connectivity index (χ3v) is 7.73. The molecule has 0 atom stereocenters. The molecule has 4 rings (SSSR count). The van der Waals surface area contributed by atoms with Crippen LogP contribution in [0.1, 0.15) is 5.56 Å². The lowest BCUT2D eigenvalue weighted by Crippen LogP contribution is -2.22. The summed E-state index contributed by atoms with van der Waals surface area (Å²) >= 11 is 1.69. The Hall–Kier alpha value is -2.61. The Labute approximate surface area is 194 Å². The number of hydrogen-bond donors (Lipinski definition) is 0. The Morgan fingerprint density at radius 3 is 2.38 bits per heavy atom. The topological polar surface area (TPSA) is 49.2 Å². The van der Waals surface area contributed by atoms with Crippen LogP contribution in [-0.2, 0) is 18.1 Å². The maximum absolute atomic E-state index is 6.14. The highest BCUT2D eigenvalue weighted by Crippen LogP contribution is 2.36. The number of hydrogen-bond acceptors (Lipinski definition) is 5. The quantitative estimate of drug-likeness (QED) is 0.199. The van der Waals surface area contributed by atoms with E-state index < -0.39 is 8.07 Å². The van der Waals surface area contributed by atoms with E-state index in [-0.39, 0.29) is 0 Å². The Morgan fingerprint density at radius 1 is 0.938 bits per heavy atom. The van der Waals surface area contributed by atoms with E-state index in [0.717, 1.165) is 39.0 Å². The van der Waals surface area contributed by atoms with Gasteiger partial charge in [0.2, 0.25) is 5.88 Å². The fourth-order valence-electron chi connectivity index (χ4n) is 3.23. The van der Waals surface area contributed by atoms with Gasteiger partial charge >= 0.3 is 0 Å². The van der Waals surface area contributed by atoms with Crippen LogP contribution in [0.5, 0.6) is 5.88 Å². The molecule has 0 aliphatic carbocycles. The highest BCUT2D eigenvalue weighted by Gasteiger charge is 2.18. The summed E-state index contributed by atoms with van der Waals surface area (Å²) in [6.07, 6.45) is 3.68. The van der Waals surface area contributed by atoms with Crippen molar-refractivity contribution in [3.8, 4) is 5.88 Å². The first-order chi connectivity index (χ1) is 15.5. The van der Waals surface area contributed by atoms with Gasteiger partial charge in [0.1, 0.15) is 30.7 Å². The fraction of sp³-hybridized carbons (Fsp3) is 0.280. The molecule has 7 heteroatoms. The van der Waals surface area contributed by atoms with E-state index in [0.29, 0.717) is 19.2 Å². The van der Waals surface area contributed by atoms with Gasteiger partial charge < -0.3 is 14.0 Å². The van der Waals surface area contributed by atoms with Crippen molar-refractivity contribution in [3.63, 3.8) is 0 Å². The Bertz CT molecular complexity index is 1140. The van der Waals surface area contributed by atoms with E-state index in [4.69, 9.17) is 9.47 Å². The van der Waals surface area contributed by atoms with Crippen LogP contribution >= 0.6 is 11.8 Å². The lowest BCUT2D eigenvalue weighted by molar-refractivity contribution is 0.0895. The molecule has 5 nitrogen and oxygen atoms in total. The first-order valence-electron chi connectivity index (χ1n) is 10.8. The molecule has 0 saturated carbocycles. The van der Waals surface area contributed by atoms with Crippen molar-refractivity contribution in [1.29, 1.82) is 0 Å². The van der Waals surface area contributed by atoms with Crippen LogP contribution in [0.2, 0.25) is 25.7 Å². The van der Waals surface area contributed by atoms with E-state index in [2.05, 4.69) is 52.5 Å². The SMILES string of the molecule is C[Si](C)(C)CCOCn1cc(Sc2ccccc2)c2ncnc(OCc3ccccc3)c21. The molecule has 4 aromatic rings. The van der Waals surface area contributed by atoms with Gasteiger partial charge in [-0.05, 0) is 23.7 Å². The minimum atomic E-state index is -1.14. The number of rotatable bonds is 10. The lowest BCUT2D eigenvalue weighted by atomic mass is 10.2. The Morgan fingerprint density at radius 2 is 1.66 bits per heavy atom. The molecule has 0 fully saturated rings. The monoisotopic (exact) mass is 463 g/mol. The van der Waals surface area contributed by atoms with Gasteiger partial charge in [-0.15, -0.1) is 0 Å². The second-order valence-corrected chi connectivity index (χ2v) is 15.6. The summed E-state index contributed by atoms with van der Waals surface area (Å²) in [6, 6.07) is 21.6. The molecule has 0 radical (unpaired) electrons. The van der Waals surface area contributed by atoms with Gasteiger partial charge in [0.25, 0.3) is 0 Å². The van der Waals surface area contributed by atoms with Gasteiger partial charge in [-0.25, -0.2) is 4.98 Å². The summed E-state index contributed by atoms with van der Waals surface area (Å²) in [4.78, 5) is 11.3. The van der Waals surface area contributed by atoms with Crippen molar-refractivity contribution < 1.29 is 9.47 Å². The molecular weight excluding hydrogens is 434 g/mol. The minimum Gasteiger partial charge on any atom is -0.471 e. The predicted molar refractivity (Wildman–Crippen MR) is 133 cm³/mol. The molecular formula is C25H29N3O2SSi. The van der Waals surface area contributed by atoms with Crippen molar-refractivity contribution in [1.82, 2.24) is 14.5 Å².